The molecule has 0 aliphatic carbocycles. The summed E-state index contributed by atoms with van der Waals surface area (Å²) in [7, 11) is -15.3. The first-order chi connectivity index (χ1) is 33.9. The third-order valence-corrected chi connectivity index (χ3v) is 13.5. The predicted molar refractivity (Wildman–Crippen MR) is 249 cm³/mol. The minimum Gasteiger partial charge on any atom is -0.744 e. The summed E-state index contributed by atoms with van der Waals surface area (Å²) in [5, 5.41) is 25.7. The fourth-order valence-corrected chi connectivity index (χ4v) is 9.10. The Balaban J connectivity index is 0.00000304. The number of hydrogen-bond donors (Lipinski definition) is 4. The Morgan fingerprint density at radius 3 is 1.63 bits per heavy atom. The normalized spacial score (nSPS) is 13.7. The summed E-state index contributed by atoms with van der Waals surface area (Å²) in [6, 6.07) is 19.1. The maximum Gasteiger partial charge on any atom is 1.00 e. The summed E-state index contributed by atoms with van der Waals surface area (Å²) in [5.74, 6) is 0.0459. The molecule has 76 heavy (non-hydrogen) atoms. The molecule has 0 atom stereocenters. The average molecular weight is 1170 g/mol. The van der Waals surface area contributed by atoms with Crippen LogP contribution in [-0.2, 0) is 49.2 Å². The standard InChI is InChI=1S/C41H41N12O14S4.5Na/c1-25-2-12-33(68-67-66-54)31(22-25)44-38-47-37(49-41(50-38)53-16-20-65-21-17-53)43-29-10-7-27(35(23-29)71(61,62)63)6-3-26-4-8-28(9-5-26)42-36-46-39(51-40(48-36)52-14-18-64-19-15-52)45-32-24-30(69(55,56)57)11-13-34(32)70(58,59)60;;;;;/h2-4,6-13,22-24,54H,14-21H2,1H3,(H,55,56,57)(H,58,59,60)(H,61,62,63)(H2,42,45,46,48,51)(H2,43,44,47,49,50);;;;;/q-1;5*+1/p-4/b6-3+;;;;;. The number of aryl methyl sites for hydroxylation is 1. The Labute approximate surface area is 551 Å². The molecule has 0 spiro atoms. The topological polar surface area (TPSA) is 364 Å². The van der Waals surface area contributed by atoms with E-state index in [-0.39, 0.29) is 195 Å². The van der Waals surface area contributed by atoms with Crippen molar-refractivity contribution in [2.24, 2.45) is 0 Å². The molecule has 0 radical (unpaired) electrons. The molecular weight excluding hydrogens is 1130 g/mol. The molecule has 6 aromatic rings. The second kappa shape index (κ2) is 30.9. The zero-order valence-electron chi connectivity index (χ0n) is 41.7. The SMILES string of the molecule is Cc1ccc(SOO[O-])c(Nc2nc(Nc3ccc(/C=C/c4[c-]cc(Nc5nc(Nc6cc(S(=O)(=O)[O-])ccc6S(=O)(=O)[O-])nc(N6CCOCC6)n5)cc4)c(S(=O)(=O)[O-])c3)nc(N3CCOCC3)n2)c1.[Na+].[Na+].[Na+].[Na+].[Na+]. The molecule has 0 unspecified atom stereocenters. The largest absolute Gasteiger partial charge is 1.00 e. The van der Waals surface area contributed by atoms with Gasteiger partial charge in [0.25, 0.3) is 0 Å². The first-order valence-electron chi connectivity index (χ1n) is 20.7. The van der Waals surface area contributed by atoms with Gasteiger partial charge >= 0.3 is 148 Å². The Hall–Kier alpha value is -1.68. The van der Waals surface area contributed by atoms with E-state index in [4.69, 9.17) is 9.47 Å². The first-order valence-corrected chi connectivity index (χ1v) is 25.7. The number of anilines is 10. The fourth-order valence-electron chi connectivity index (χ4n) is 6.87. The number of benzene rings is 4. The number of nitrogens with zero attached hydrogens (tertiary/aromatic N) is 8. The summed E-state index contributed by atoms with van der Waals surface area (Å²) in [5.41, 5.74) is 1.80. The maximum atomic E-state index is 12.7. The summed E-state index contributed by atoms with van der Waals surface area (Å²) in [6.45, 7) is 5.02. The van der Waals surface area contributed by atoms with Crippen molar-refractivity contribution in [2.75, 3.05) is 83.7 Å². The third-order valence-electron chi connectivity index (χ3n) is 10.2. The number of aromatic nitrogens is 6. The molecule has 35 heteroatoms. The Bertz CT molecular complexity index is 3320. The maximum absolute atomic E-state index is 12.7. The van der Waals surface area contributed by atoms with Crippen LogP contribution >= 0.6 is 12.0 Å². The summed E-state index contributed by atoms with van der Waals surface area (Å²) >= 11 is 0.669. The molecule has 0 bridgehead atoms. The van der Waals surface area contributed by atoms with Crippen molar-refractivity contribution in [3.8, 4) is 0 Å². The van der Waals surface area contributed by atoms with E-state index in [1.165, 1.54) is 30.4 Å². The van der Waals surface area contributed by atoms with Crippen molar-refractivity contribution in [3.63, 3.8) is 0 Å². The minimum absolute atomic E-state index is 0. The zero-order chi connectivity index (χ0) is 50.3. The van der Waals surface area contributed by atoms with Gasteiger partial charge in [-0.25, -0.2) is 25.3 Å². The van der Waals surface area contributed by atoms with E-state index >= 15 is 0 Å². The van der Waals surface area contributed by atoms with Crippen LogP contribution in [0.1, 0.15) is 16.7 Å². The predicted octanol–water partition coefficient (Wildman–Crippen LogP) is -12.1. The van der Waals surface area contributed by atoms with E-state index < -0.39 is 50.7 Å². The van der Waals surface area contributed by atoms with Crippen LogP contribution < -0.4 is 184 Å². The van der Waals surface area contributed by atoms with Gasteiger partial charge in [0.2, 0.25) is 35.7 Å². The van der Waals surface area contributed by atoms with Crippen LogP contribution in [0, 0.1) is 13.0 Å². The molecule has 2 aliphatic rings. The molecule has 26 nitrogen and oxygen atoms in total. The van der Waals surface area contributed by atoms with E-state index in [0.717, 1.165) is 11.6 Å². The Morgan fingerprint density at radius 2 is 1.12 bits per heavy atom. The second-order valence-electron chi connectivity index (χ2n) is 15.1. The van der Waals surface area contributed by atoms with Gasteiger partial charge in [-0.1, -0.05) is 18.2 Å². The molecule has 8 rings (SSSR count). The second-order valence-corrected chi connectivity index (χ2v) is 19.9. The Morgan fingerprint density at radius 1 is 0.592 bits per heavy atom. The van der Waals surface area contributed by atoms with Crippen LogP contribution in [0.15, 0.2) is 92.4 Å². The molecule has 4 aromatic carbocycles. The van der Waals surface area contributed by atoms with Gasteiger partial charge in [0.1, 0.15) is 30.4 Å². The number of rotatable bonds is 18. The van der Waals surface area contributed by atoms with Gasteiger partial charge in [-0.05, 0) is 66.2 Å². The molecule has 2 aromatic heterocycles. The van der Waals surface area contributed by atoms with E-state index in [0.29, 0.717) is 105 Å². The monoisotopic (exact) mass is 1160 g/mol. The number of nitrogens with one attached hydrogen (secondary N) is 4. The molecule has 0 saturated carbocycles. The van der Waals surface area contributed by atoms with Gasteiger partial charge < -0.3 is 59.5 Å². The molecule has 374 valence electrons. The average Bonchev–Trinajstić information content (AvgIpc) is 3.33. The molecule has 2 saturated heterocycles. The van der Waals surface area contributed by atoms with Crippen molar-refractivity contribution in [3.05, 3.63) is 95.6 Å². The van der Waals surface area contributed by atoms with Gasteiger partial charge in [-0.3, -0.25) is 5.04 Å². The van der Waals surface area contributed by atoms with E-state index in [2.05, 4.69) is 66.6 Å². The van der Waals surface area contributed by atoms with Crippen molar-refractivity contribution in [1.29, 1.82) is 0 Å². The van der Waals surface area contributed by atoms with Crippen LogP contribution in [0.3, 0.4) is 0 Å². The molecule has 4 heterocycles. The summed E-state index contributed by atoms with van der Waals surface area (Å²) < 4.78 is 125. The fraction of sp³-hybridized carbons (Fsp3) is 0.220. The minimum atomic E-state index is -5.18. The van der Waals surface area contributed by atoms with Crippen LogP contribution in [0.5, 0.6) is 0 Å². The van der Waals surface area contributed by atoms with Crippen molar-refractivity contribution in [1.82, 2.24) is 29.9 Å². The number of ether oxygens (including phenoxy) is 2. The van der Waals surface area contributed by atoms with Gasteiger partial charge in [0.05, 0.1) is 69.4 Å². The Kier molecular flexibility index (Phi) is 27.9. The first kappa shape index (κ1) is 68.6. The molecule has 4 N–H and O–H groups in total. The van der Waals surface area contributed by atoms with Crippen molar-refractivity contribution in [2.45, 2.75) is 26.5 Å². The van der Waals surface area contributed by atoms with Gasteiger partial charge in [0, 0.05) is 31.9 Å². The van der Waals surface area contributed by atoms with Gasteiger partial charge in [0.15, 0.2) is 0 Å². The smallest absolute Gasteiger partial charge is 0.744 e. The van der Waals surface area contributed by atoms with Crippen LogP contribution in [0.25, 0.3) is 12.2 Å². The van der Waals surface area contributed by atoms with Crippen molar-refractivity contribution < 1.29 is 211 Å². The summed E-state index contributed by atoms with van der Waals surface area (Å²) in [6.07, 6.45) is 2.93. The third kappa shape index (κ3) is 19.2. The van der Waals surface area contributed by atoms with E-state index in [9.17, 15) is 44.2 Å². The number of hydrogen-bond acceptors (Lipinski definition) is 27. The van der Waals surface area contributed by atoms with Gasteiger partial charge in [-0.15, -0.1) is 30.3 Å². The quantitative estimate of drug-likeness (QED) is 0.0118. The van der Waals surface area contributed by atoms with E-state index in [1.807, 2.05) is 11.8 Å². The zero-order valence-corrected chi connectivity index (χ0v) is 54.9. The van der Waals surface area contributed by atoms with Crippen molar-refractivity contribution >= 4 is 113 Å². The molecule has 2 fully saturated rings. The molecular formula is C41H37N12Na5O14S4. The van der Waals surface area contributed by atoms with Crippen LogP contribution in [-0.4, -0.2) is 121 Å². The van der Waals surface area contributed by atoms with Crippen LogP contribution in [0.2, 0.25) is 0 Å². The molecule has 0 amide bonds. The number of morpholine rings is 2. The molecule has 2 aliphatic heterocycles. The summed E-state index contributed by atoms with van der Waals surface area (Å²) in [4.78, 5) is 28.5. The van der Waals surface area contributed by atoms with E-state index in [1.54, 1.807) is 35.2 Å². The van der Waals surface area contributed by atoms with Gasteiger partial charge in [-0.2, -0.15) is 39.8 Å². The van der Waals surface area contributed by atoms with Crippen LogP contribution in [0.4, 0.5) is 58.4 Å².